The van der Waals surface area contributed by atoms with Crippen LogP contribution >= 0.6 is 0 Å². The third kappa shape index (κ3) is 3.37. The number of piperidine rings is 1. The fourth-order valence-corrected chi connectivity index (χ4v) is 5.83. The molecule has 2 aliphatic heterocycles. The number of likely N-dealkylation sites (tertiary alicyclic amines) is 2. The van der Waals surface area contributed by atoms with Crippen LogP contribution in [0.4, 0.5) is 0 Å². The lowest BCUT2D eigenvalue weighted by Crippen LogP contribution is -2.61. The van der Waals surface area contributed by atoms with Gasteiger partial charge in [-0.15, -0.1) is 0 Å². The van der Waals surface area contributed by atoms with Crippen molar-refractivity contribution in [3.8, 4) is 0 Å². The summed E-state index contributed by atoms with van der Waals surface area (Å²) in [6.45, 7) is 1.34. The number of carbonyl (C=O) groups is 2. The fourth-order valence-electron chi connectivity index (χ4n) is 4.58. The van der Waals surface area contributed by atoms with Crippen molar-refractivity contribution in [2.45, 2.75) is 61.4 Å². The van der Waals surface area contributed by atoms with Gasteiger partial charge in [-0.2, -0.15) is 0 Å². The number of benzene rings is 1. The second kappa shape index (κ2) is 6.93. The Hall–Kier alpha value is -1.89. The average molecular weight is 391 g/mol. The number of hydrogen-bond acceptors (Lipinski definition) is 4. The Morgan fingerprint density at radius 2 is 1.74 bits per heavy atom. The van der Waals surface area contributed by atoms with E-state index in [-0.39, 0.29) is 28.9 Å². The van der Waals surface area contributed by atoms with Crippen molar-refractivity contribution in [2.75, 3.05) is 18.8 Å². The molecular weight excluding hydrogens is 364 g/mol. The molecule has 3 fully saturated rings. The van der Waals surface area contributed by atoms with Crippen molar-refractivity contribution in [1.82, 2.24) is 9.80 Å². The maximum atomic E-state index is 13.2. The van der Waals surface area contributed by atoms with Gasteiger partial charge in [-0.05, 0) is 50.7 Å². The molecule has 1 aromatic rings. The predicted molar refractivity (Wildman–Crippen MR) is 101 cm³/mol. The fraction of sp³-hybridized carbons (Fsp3) is 0.600. The molecule has 27 heavy (non-hydrogen) atoms. The van der Waals surface area contributed by atoms with Gasteiger partial charge in [0.15, 0.2) is 9.84 Å². The van der Waals surface area contributed by atoms with Crippen LogP contribution in [0.1, 0.15) is 44.9 Å². The van der Waals surface area contributed by atoms with Crippen LogP contribution in [0.15, 0.2) is 35.2 Å². The van der Waals surface area contributed by atoms with E-state index in [1.165, 1.54) is 0 Å². The van der Waals surface area contributed by atoms with E-state index in [9.17, 15) is 18.0 Å². The molecule has 1 unspecified atom stereocenters. The van der Waals surface area contributed by atoms with Crippen LogP contribution in [0.25, 0.3) is 0 Å². The van der Waals surface area contributed by atoms with Gasteiger partial charge in [0.05, 0.1) is 10.6 Å². The van der Waals surface area contributed by atoms with Crippen LogP contribution < -0.4 is 0 Å². The lowest BCUT2D eigenvalue weighted by molar-refractivity contribution is -0.155. The SMILES string of the molecule is O=C(CCS(=O)(=O)c1ccccc1)N1CCCC12CCCN(C1CC1)C2=O. The second-order valence-electron chi connectivity index (χ2n) is 7.90. The van der Waals surface area contributed by atoms with E-state index in [0.717, 1.165) is 32.2 Å². The predicted octanol–water partition coefficient (Wildman–Crippen LogP) is 2.00. The van der Waals surface area contributed by atoms with Gasteiger partial charge >= 0.3 is 0 Å². The van der Waals surface area contributed by atoms with Gasteiger partial charge in [0, 0.05) is 25.6 Å². The van der Waals surface area contributed by atoms with Crippen molar-refractivity contribution in [2.24, 2.45) is 0 Å². The first-order chi connectivity index (χ1) is 12.9. The quantitative estimate of drug-likeness (QED) is 0.771. The maximum Gasteiger partial charge on any atom is 0.248 e. The molecule has 1 aromatic carbocycles. The van der Waals surface area contributed by atoms with Gasteiger partial charge in [0.1, 0.15) is 5.54 Å². The molecule has 2 saturated heterocycles. The van der Waals surface area contributed by atoms with E-state index in [2.05, 4.69) is 0 Å². The molecule has 4 rings (SSSR count). The highest BCUT2D eigenvalue weighted by atomic mass is 32.2. The molecule has 1 aliphatic carbocycles. The first-order valence-corrected chi connectivity index (χ1v) is 11.5. The topological polar surface area (TPSA) is 74.8 Å². The standard InChI is InChI=1S/C20H26N2O4S/c23-18(10-15-27(25,26)17-6-2-1-3-7-17)22-14-5-12-20(22)11-4-13-21(19(20)24)16-8-9-16/h1-3,6-7,16H,4-5,8-15H2. The van der Waals surface area contributed by atoms with Crippen molar-refractivity contribution in [3.05, 3.63) is 30.3 Å². The Balaban J connectivity index is 1.47. The summed E-state index contributed by atoms with van der Waals surface area (Å²) in [6, 6.07) is 8.57. The third-order valence-electron chi connectivity index (χ3n) is 6.11. The monoisotopic (exact) mass is 390 g/mol. The number of rotatable bonds is 5. The lowest BCUT2D eigenvalue weighted by atomic mass is 9.85. The molecule has 1 atom stereocenters. The minimum Gasteiger partial charge on any atom is -0.338 e. The summed E-state index contributed by atoms with van der Waals surface area (Å²) in [5.41, 5.74) is -0.728. The Bertz CT molecular complexity index is 835. The summed E-state index contributed by atoms with van der Waals surface area (Å²) >= 11 is 0. The number of sulfone groups is 1. The number of hydrogen-bond donors (Lipinski definition) is 0. The van der Waals surface area contributed by atoms with Gasteiger partial charge in [0.2, 0.25) is 11.8 Å². The van der Waals surface area contributed by atoms with E-state index < -0.39 is 15.4 Å². The lowest BCUT2D eigenvalue weighted by Gasteiger charge is -2.44. The van der Waals surface area contributed by atoms with E-state index in [4.69, 9.17) is 0 Å². The van der Waals surface area contributed by atoms with Gasteiger partial charge in [0.25, 0.3) is 0 Å². The van der Waals surface area contributed by atoms with E-state index in [1.807, 2.05) is 4.90 Å². The van der Waals surface area contributed by atoms with Crippen LogP contribution in [-0.2, 0) is 19.4 Å². The van der Waals surface area contributed by atoms with E-state index >= 15 is 0 Å². The molecule has 2 amide bonds. The summed E-state index contributed by atoms with van der Waals surface area (Å²) < 4.78 is 25.0. The summed E-state index contributed by atoms with van der Waals surface area (Å²) in [7, 11) is -3.50. The molecule has 2 heterocycles. The molecule has 0 bridgehead atoms. The highest BCUT2D eigenvalue weighted by molar-refractivity contribution is 7.91. The summed E-state index contributed by atoms with van der Waals surface area (Å²) in [4.78, 5) is 30.0. The first-order valence-electron chi connectivity index (χ1n) is 9.83. The zero-order chi connectivity index (χ0) is 19.1. The van der Waals surface area contributed by atoms with Crippen molar-refractivity contribution < 1.29 is 18.0 Å². The molecule has 7 heteroatoms. The van der Waals surface area contributed by atoms with Crippen LogP contribution in [0.3, 0.4) is 0 Å². The number of nitrogens with zero attached hydrogens (tertiary/aromatic N) is 2. The van der Waals surface area contributed by atoms with Crippen molar-refractivity contribution in [3.63, 3.8) is 0 Å². The average Bonchev–Trinajstić information content (AvgIpc) is 3.43. The first kappa shape index (κ1) is 18.5. The highest BCUT2D eigenvalue weighted by Crippen LogP contribution is 2.42. The van der Waals surface area contributed by atoms with Gasteiger partial charge in [-0.25, -0.2) is 8.42 Å². The molecule has 0 radical (unpaired) electrons. The van der Waals surface area contributed by atoms with Gasteiger partial charge in [-0.1, -0.05) is 18.2 Å². The molecule has 1 spiro atoms. The van der Waals surface area contributed by atoms with Crippen LogP contribution in [-0.4, -0.2) is 60.5 Å². The smallest absolute Gasteiger partial charge is 0.248 e. The van der Waals surface area contributed by atoms with Crippen molar-refractivity contribution >= 4 is 21.7 Å². The number of amides is 2. The molecule has 146 valence electrons. The minimum absolute atomic E-state index is 0.0737. The molecule has 0 N–H and O–H groups in total. The molecular formula is C20H26N2O4S. The Kier molecular flexibility index (Phi) is 4.74. The molecule has 3 aliphatic rings. The Morgan fingerprint density at radius 3 is 2.41 bits per heavy atom. The summed E-state index contributed by atoms with van der Waals surface area (Å²) in [5.74, 6) is -0.339. The maximum absolute atomic E-state index is 13.2. The molecule has 0 aromatic heterocycles. The second-order valence-corrected chi connectivity index (χ2v) is 10.0. The molecule has 1 saturated carbocycles. The van der Waals surface area contributed by atoms with E-state index in [1.54, 1.807) is 35.2 Å². The van der Waals surface area contributed by atoms with Crippen molar-refractivity contribution in [1.29, 1.82) is 0 Å². The zero-order valence-electron chi connectivity index (χ0n) is 15.5. The minimum atomic E-state index is -3.50. The highest BCUT2D eigenvalue weighted by Gasteiger charge is 2.54. The molecule has 6 nitrogen and oxygen atoms in total. The van der Waals surface area contributed by atoms with Crippen LogP contribution in [0.2, 0.25) is 0 Å². The van der Waals surface area contributed by atoms with Crippen LogP contribution in [0.5, 0.6) is 0 Å². The van der Waals surface area contributed by atoms with Gasteiger partial charge in [-0.3, -0.25) is 9.59 Å². The zero-order valence-corrected chi connectivity index (χ0v) is 16.3. The van der Waals surface area contributed by atoms with Gasteiger partial charge < -0.3 is 9.80 Å². The largest absolute Gasteiger partial charge is 0.338 e. The van der Waals surface area contributed by atoms with Crippen LogP contribution in [0, 0.1) is 0 Å². The normalized spacial score (nSPS) is 26.0. The van der Waals surface area contributed by atoms with E-state index in [0.29, 0.717) is 25.4 Å². The Morgan fingerprint density at radius 1 is 1.07 bits per heavy atom. The Labute approximate surface area is 160 Å². The number of carbonyl (C=O) groups excluding carboxylic acids is 2. The summed E-state index contributed by atoms with van der Waals surface area (Å²) in [5, 5.41) is 0. The third-order valence-corrected chi connectivity index (χ3v) is 7.84. The summed E-state index contributed by atoms with van der Waals surface area (Å²) in [6.07, 6.45) is 5.17.